The van der Waals surface area contributed by atoms with E-state index < -0.39 is 0 Å². The Morgan fingerprint density at radius 1 is 1.43 bits per heavy atom. The highest BCUT2D eigenvalue weighted by molar-refractivity contribution is 5.30. The van der Waals surface area contributed by atoms with Gasteiger partial charge in [-0.15, -0.1) is 0 Å². The predicted octanol–water partition coefficient (Wildman–Crippen LogP) is 0.823. The number of hydrogen-bond donors (Lipinski definition) is 0. The van der Waals surface area contributed by atoms with Crippen LogP contribution in [0.4, 0.5) is 0 Å². The third kappa shape index (κ3) is 1.39. The van der Waals surface area contributed by atoms with E-state index in [2.05, 4.69) is 31.0 Å². The maximum Gasteiger partial charge on any atom is 0.215 e. The molecule has 0 aromatic carbocycles. The number of ether oxygens (including phenoxy) is 1. The van der Waals surface area contributed by atoms with E-state index in [1.165, 1.54) is 5.56 Å². The van der Waals surface area contributed by atoms with Crippen molar-refractivity contribution in [2.75, 3.05) is 20.7 Å². The standard InChI is InChI=1S/C10H17N3O/c1-7-8(2)11-13-5-9(12(3)4)6-14-10(7)13/h9H,5-6H2,1-4H3. The Kier molecular flexibility index (Phi) is 2.23. The summed E-state index contributed by atoms with van der Waals surface area (Å²) < 4.78 is 7.68. The molecule has 0 aliphatic carbocycles. The molecule has 1 unspecified atom stereocenters. The first-order chi connectivity index (χ1) is 6.59. The molecule has 78 valence electrons. The molecule has 0 N–H and O–H groups in total. The summed E-state index contributed by atoms with van der Waals surface area (Å²) in [6.45, 7) is 5.77. The molecule has 0 radical (unpaired) electrons. The minimum absolute atomic E-state index is 0.432. The fourth-order valence-corrected chi connectivity index (χ4v) is 1.70. The van der Waals surface area contributed by atoms with E-state index in [1.54, 1.807) is 0 Å². The van der Waals surface area contributed by atoms with Crippen LogP contribution >= 0.6 is 0 Å². The van der Waals surface area contributed by atoms with Crippen molar-refractivity contribution < 1.29 is 4.74 Å². The number of aromatic nitrogens is 2. The van der Waals surface area contributed by atoms with E-state index in [0.29, 0.717) is 6.04 Å². The first-order valence-corrected chi connectivity index (χ1v) is 4.93. The van der Waals surface area contributed by atoms with E-state index in [0.717, 1.165) is 24.7 Å². The number of aryl methyl sites for hydroxylation is 1. The molecule has 4 nitrogen and oxygen atoms in total. The Labute approximate surface area is 84.5 Å². The number of hydrogen-bond acceptors (Lipinski definition) is 3. The summed E-state index contributed by atoms with van der Waals surface area (Å²) in [5, 5.41) is 4.45. The molecular weight excluding hydrogens is 178 g/mol. The number of rotatable bonds is 1. The molecule has 1 aromatic rings. The fourth-order valence-electron chi connectivity index (χ4n) is 1.70. The second-order valence-electron chi connectivity index (χ2n) is 4.13. The second kappa shape index (κ2) is 3.28. The van der Waals surface area contributed by atoms with Crippen LogP contribution in [0.25, 0.3) is 0 Å². The molecule has 0 saturated carbocycles. The Balaban J connectivity index is 2.27. The average molecular weight is 195 g/mol. The van der Waals surface area contributed by atoms with Gasteiger partial charge in [0.15, 0.2) is 0 Å². The maximum absolute atomic E-state index is 5.71. The van der Waals surface area contributed by atoms with Crippen LogP contribution in [-0.2, 0) is 6.54 Å². The minimum atomic E-state index is 0.432. The topological polar surface area (TPSA) is 30.3 Å². The first-order valence-electron chi connectivity index (χ1n) is 4.93. The van der Waals surface area contributed by atoms with Crippen molar-refractivity contribution in [3.8, 4) is 5.88 Å². The largest absolute Gasteiger partial charge is 0.476 e. The lowest BCUT2D eigenvalue weighted by Gasteiger charge is -2.29. The first kappa shape index (κ1) is 9.52. The van der Waals surface area contributed by atoms with Crippen molar-refractivity contribution in [1.29, 1.82) is 0 Å². The summed E-state index contributed by atoms with van der Waals surface area (Å²) in [6.07, 6.45) is 0. The van der Waals surface area contributed by atoms with Crippen molar-refractivity contribution in [3.63, 3.8) is 0 Å². The van der Waals surface area contributed by atoms with Gasteiger partial charge >= 0.3 is 0 Å². The van der Waals surface area contributed by atoms with Crippen LogP contribution in [-0.4, -0.2) is 41.4 Å². The van der Waals surface area contributed by atoms with Crippen LogP contribution in [0.5, 0.6) is 5.88 Å². The second-order valence-corrected chi connectivity index (χ2v) is 4.13. The Morgan fingerprint density at radius 3 is 2.79 bits per heavy atom. The summed E-state index contributed by atoms with van der Waals surface area (Å²) in [5.41, 5.74) is 2.24. The van der Waals surface area contributed by atoms with E-state index in [1.807, 2.05) is 11.6 Å². The van der Waals surface area contributed by atoms with Crippen molar-refractivity contribution in [3.05, 3.63) is 11.3 Å². The number of nitrogens with zero attached hydrogens (tertiary/aromatic N) is 3. The zero-order valence-electron chi connectivity index (χ0n) is 9.24. The van der Waals surface area contributed by atoms with E-state index >= 15 is 0 Å². The van der Waals surface area contributed by atoms with Crippen molar-refractivity contribution in [2.45, 2.75) is 26.4 Å². The summed E-state index contributed by atoms with van der Waals surface area (Å²) >= 11 is 0. The molecule has 1 atom stereocenters. The van der Waals surface area contributed by atoms with Gasteiger partial charge in [0.25, 0.3) is 0 Å². The molecule has 1 aliphatic rings. The average Bonchev–Trinajstić information content (AvgIpc) is 2.42. The Morgan fingerprint density at radius 2 is 2.14 bits per heavy atom. The summed E-state index contributed by atoms with van der Waals surface area (Å²) in [7, 11) is 4.14. The van der Waals surface area contributed by atoms with Crippen molar-refractivity contribution in [1.82, 2.24) is 14.7 Å². The van der Waals surface area contributed by atoms with Crippen LogP contribution < -0.4 is 4.74 Å². The summed E-state index contributed by atoms with van der Waals surface area (Å²) in [4.78, 5) is 2.18. The third-order valence-electron chi connectivity index (χ3n) is 2.90. The van der Waals surface area contributed by atoms with Crippen LogP contribution in [0.15, 0.2) is 0 Å². The SMILES string of the molecule is Cc1nn2c(c1C)OCC(N(C)C)C2. The molecule has 1 aliphatic heterocycles. The molecule has 4 heteroatoms. The molecule has 0 saturated heterocycles. The Bertz CT molecular complexity index is 343. The molecule has 0 spiro atoms. The molecule has 0 amide bonds. The molecule has 2 rings (SSSR count). The van der Waals surface area contributed by atoms with Gasteiger partial charge < -0.3 is 9.64 Å². The van der Waals surface area contributed by atoms with Gasteiger partial charge in [-0.05, 0) is 27.9 Å². The van der Waals surface area contributed by atoms with Gasteiger partial charge in [-0.2, -0.15) is 5.10 Å². The van der Waals surface area contributed by atoms with Crippen molar-refractivity contribution in [2.24, 2.45) is 0 Å². The van der Waals surface area contributed by atoms with Gasteiger partial charge in [-0.25, -0.2) is 4.68 Å². The van der Waals surface area contributed by atoms with Crippen molar-refractivity contribution >= 4 is 0 Å². The highest BCUT2D eigenvalue weighted by Crippen LogP contribution is 2.25. The third-order valence-corrected chi connectivity index (χ3v) is 2.90. The minimum Gasteiger partial charge on any atom is -0.476 e. The number of fused-ring (bicyclic) bond motifs is 1. The zero-order valence-corrected chi connectivity index (χ0v) is 9.24. The highest BCUT2D eigenvalue weighted by atomic mass is 16.5. The smallest absolute Gasteiger partial charge is 0.215 e. The van der Waals surface area contributed by atoms with E-state index in [9.17, 15) is 0 Å². The van der Waals surface area contributed by atoms with E-state index in [-0.39, 0.29) is 0 Å². The lowest BCUT2D eigenvalue weighted by Crippen LogP contribution is -2.41. The van der Waals surface area contributed by atoms with Gasteiger partial charge in [0.05, 0.1) is 18.3 Å². The fraction of sp³-hybridized carbons (Fsp3) is 0.700. The Hall–Kier alpha value is -1.03. The molecule has 0 bridgehead atoms. The molecule has 1 aromatic heterocycles. The molecule has 14 heavy (non-hydrogen) atoms. The quantitative estimate of drug-likeness (QED) is 0.664. The van der Waals surface area contributed by atoms with Gasteiger partial charge in [0, 0.05) is 5.56 Å². The van der Waals surface area contributed by atoms with Crippen LogP contribution in [0.3, 0.4) is 0 Å². The number of likely N-dealkylation sites (N-methyl/N-ethyl adjacent to an activating group) is 1. The van der Waals surface area contributed by atoms with Crippen LogP contribution in [0.2, 0.25) is 0 Å². The zero-order chi connectivity index (χ0) is 10.3. The molecule has 2 heterocycles. The molecule has 0 fully saturated rings. The highest BCUT2D eigenvalue weighted by Gasteiger charge is 2.24. The lowest BCUT2D eigenvalue weighted by molar-refractivity contribution is 0.119. The van der Waals surface area contributed by atoms with Gasteiger partial charge in [0.1, 0.15) is 6.61 Å². The normalized spacial score (nSPS) is 20.8. The van der Waals surface area contributed by atoms with Gasteiger partial charge in [0.2, 0.25) is 5.88 Å². The lowest BCUT2D eigenvalue weighted by atomic mass is 10.2. The maximum atomic E-state index is 5.71. The van der Waals surface area contributed by atoms with Crippen LogP contribution in [0.1, 0.15) is 11.3 Å². The molecular formula is C10H17N3O. The van der Waals surface area contributed by atoms with E-state index in [4.69, 9.17) is 4.74 Å². The summed E-state index contributed by atoms with van der Waals surface area (Å²) in [6, 6.07) is 0.432. The predicted molar refractivity (Wildman–Crippen MR) is 54.7 cm³/mol. The van der Waals surface area contributed by atoms with Crippen LogP contribution in [0, 0.1) is 13.8 Å². The van der Waals surface area contributed by atoms with Gasteiger partial charge in [-0.3, -0.25) is 0 Å². The van der Waals surface area contributed by atoms with Gasteiger partial charge in [-0.1, -0.05) is 0 Å². The summed E-state index contributed by atoms with van der Waals surface area (Å²) in [5.74, 6) is 0.945. The monoisotopic (exact) mass is 195 g/mol.